The minimum Gasteiger partial charge on any atom is -0.329 e. The maximum Gasteiger partial charge on any atom is 0.471 e. The predicted molar refractivity (Wildman–Crippen MR) is 92.7 cm³/mol. The van der Waals surface area contributed by atoms with Gasteiger partial charge in [-0.15, -0.1) is 0 Å². The summed E-state index contributed by atoms with van der Waals surface area (Å²) in [5.41, 5.74) is 0.936. The Labute approximate surface area is 154 Å². The summed E-state index contributed by atoms with van der Waals surface area (Å²) in [4.78, 5) is 15.6. The Bertz CT molecular complexity index is 768. The monoisotopic (exact) mass is 382 g/mol. The predicted octanol–water partition coefficient (Wildman–Crippen LogP) is 3.72. The molecule has 1 saturated heterocycles. The molecular formula is C18H21F3N4O2. The molecule has 6 nitrogen and oxygen atoms in total. The molecule has 1 aliphatic heterocycles. The van der Waals surface area contributed by atoms with Crippen LogP contribution in [0.4, 0.5) is 18.9 Å². The fourth-order valence-electron chi connectivity index (χ4n) is 3.19. The van der Waals surface area contributed by atoms with Crippen molar-refractivity contribution in [2.75, 3.05) is 18.4 Å². The topological polar surface area (TPSA) is 80.1 Å². The fourth-order valence-corrected chi connectivity index (χ4v) is 3.19. The number of benzene rings is 1. The summed E-state index contributed by atoms with van der Waals surface area (Å²) in [6.45, 7) is 4.05. The van der Waals surface area contributed by atoms with Crippen molar-refractivity contribution >= 4 is 11.6 Å². The Morgan fingerprint density at radius 2 is 2.11 bits per heavy atom. The zero-order valence-electron chi connectivity index (χ0n) is 14.8. The van der Waals surface area contributed by atoms with Crippen LogP contribution in [0.1, 0.15) is 32.1 Å². The number of alkyl halides is 3. The molecule has 27 heavy (non-hydrogen) atoms. The number of hydrogen-bond acceptors (Lipinski definition) is 5. The minimum atomic E-state index is -4.68. The van der Waals surface area contributed by atoms with Crippen molar-refractivity contribution in [1.29, 1.82) is 0 Å². The van der Waals surface area contributed by atoms with Crippen molar-refractivity contribution in [3.63, 3.8) is 0 Å². The number of carbonyl (C=O) groups excluding carboxylic acids is 1. The van der Waals surface area contributed by atoms with Crippen LogP contribution in [0.15, 0.2) is 28.8 Å². The van der Waals surface area contributed by atoms with Crippen molar-refractivity contribution in [2.45, 2.75) is 32.4 Å². The first-order valence-electron chi connectivity index (χ1n) is 8.85. The Morgan fingerprint density at radius 1 is 1.37 bits per heavy atom. The van der Waals surface area contributed by atoms with Gasteiger partial charge < -0.3 is 15.2 Å². The summed E-state index contributed by atoms with van der Waals surface area (Å²) in [6, 6.07) is 6.28. The maximum absolute atomic E-state index is 12.5. The number of halogens is 3. The molecule has 9 heteroatoms. The van der Waals surface area contributed by atoms with E-state index in [0.29, 0.717) is 23.6 Å². The summed E-state index contributed by atoms with van der Waals surface area (Å²) >= 11 is 0. The van der Waals surface area contributed by atoms with Gasteiger partial charge in [-0.05, 0) is 62.0 Å². The van der Waals surface area contributed by atoms with E-state index < -0.39 is 12.1 Å². The fraction of sp³-hybridized carbons (Fsp3) is 0.500. The second-order valence-corrected chi connectivity index (χ2v) is 6.83. The first kappa shape index (κ1) is 19.3. The lowest BCUT2D eigenvalue weighted by Gasteiger charge is -2.28. The largest absolute Gasteiger partial charge is 0.471 e. The molecule has 0 saturated carbocycles. The Balaban J connectivity index is 1.57. The van der Waals surface area contributed by atoms with Crippen LogP contribution in [0.3, 0.4) is 0 Å². The van der Waals surface area contributed by atoms with Crippen molar-refractivity contribution < 1.29 is 22.5 Å². The van der Waals surface area contributed by atoms with Crippen LogP contribution < -0.4 is 10.6 Å². The lowest BCUT2D eigenvalue weighted by molar-refractivity contribution is -0.159. The van der Waals surface area contributed by atoms with Crippen molar-refractivity contribution in [3.8, 4) is 11.4 Å². The molecule has 2 atom stereocenters. The molecule has 2 unspecified atom stereocenters. The molecule has 0 spiro atoms. The smallest absolute Gasteiger partial charge is 0.329 e. The summed E-state index contributed by atoms with van der Waals surface area (Å²) < 4.78 is 41.8. The lowest BCUT2D eigenvalue weighted by atomic mass is 9.85. The van der Waals surface area contributed by atoms with E-state index in [0.717, 1.165) is 25.9 Å². The molecule has 146 valence electrons. The highest BCUT2D eigenvalue weighted by Gasteiger charge is 2.38. The van der Waals surface area contributed by atoms with E-state index >= 15 is 0 Å². The second-order valence-electron chi connectivity index (χ2n) is 6.83. The molecule has 0 aliphatic carbocycles. The number of rotatable bonds is 5. The number of anilines is 1. The Kier molecular flexibility index (Phi) is 5.79. The number of nitrogens with one attached hydrogen (secondary N) is 2. The van der Waals surface area contributed by atoms with E-state index in [1.54, 1.807) is 12.1 Å². The highest BCUT2D eigenvalue weighted by molar-refractivity contribution is 5.91. The van der Waals surface area contributed by atoms with Crippen molar-refractivity contribution in [2.24, 2.45) is 11.8 Å². The zero-order chi connectivity index (χ0) is 19.4. The standard InChI is InChI=1S/C18H21F3N4O2/c1-11(13-3-2-8-22-10-13)9-15(26)23-14-6-4-12(5-7-14)16-24-17(27-25-16)18(19,20)21/h4-7,11,13,22H,2-3,8-10H2,1H3,(H,23,26). The maximum atomic E-state index is 12.5. The molecule has 2 aromatic rings. The first-order valence-corrected chi connectivity index (χ1v) is 8.85. The average Bonchev–Trinajstić information content (AvgIpc) is 3.13. The van der Waals surface area contributed by atoms with Crippen LogP contribution in [-0.2, 0) is 11.0 Å². The molecule has 0 bridgehead atoms. The van der Waals surface area contributed by atoms with E-state index in [-0.39, 0.29) is 17.6 Å². The quantitative estimate of drug-likeness (QED) is 0.824. The number of piperidine rings is 1. The number of amides is 1. The molecule has 2 N–H and O–H groups in total. The van der Waals surface area contributed by atoms with Gasteiger partial charge in [0, 0.05) is 17.7 Å². The van der Waals surface area contributed by atoms with Crippen LogP contribution >= 0.6 is 0 Å². The lowest BCUT2D eigenvalue weighted by Crippen LogP contribution is -2.34. The van der Waals surface area contributed by atoms with Crippen LogP contribution in [0.25, 0.3) is 11.4 Å². The van der Waals surface area contributed by atoms with E-state index in [4.69, 9.17) is 0 Å². The minimum absolute atomic E-state index is 0.0836. The van der Waals surface area contributed by atoms with Gasteiger partial charge in [-0.2, -0.15) is 18.2 Å². The van der Waals surface area contributed by atoms with Gasteiger partial charge in [0.25, 0.3) is 0 Å². The molecule has 1 fully saturated rings. The normalized spacial score (nSPS) is 18.9. The molecule has 1 amide bonds. The summed E-state index contributed by atoms with van der Waals surface area (Å²) in [7, 11) is 0. The van der Waals surface area contributed by atoms with Gasteiger partial charge in [-0.3, -0.25) is 4.79 Å². The number of hydrogen-bond donors (Lipinski definition) is 2. The first-order chi connectivity index (χ1) is 12.8. The van der Waals surface area contributed by atoms with E-state index in [1.807, 2.05) is 0 Å². The van der Waals surface area contributed by atoms with Gasteiger partial charge in [0.15, 0.2) is 0 Å². The molecule has 1 aromatic heterocycles. The third kappa shape index (κ3) is 5.06. The van der Waals surface area contributed by atoms with Gasteiger partial charge >= 0.3 is 12.1 Å². The van der Waals surface area contributed by atoms with Gasteiger partial charge in [-0.1, -0.05) is 12.1 Å². The van der Waals surface area contributed by atoms with Crippen LogP contribution in [0.5, 0.6) is 0 Å². The number of carbonyl (C=O) groups is 1. The van der Waals surface area contributed by atoms with Crippen LogP contribution in [-0.4, -0.2) is 29.1 Å². The van der Waals surface area contributed by atoms with Gasteiger partial charge in [0.1, 0.15) is 0 Å². The van der Waals surface area contributed by atoms with E-state index in [9.17, 15) is 18.0 Å². The van der Waals surface area contributed by atoms with Gasteiger partial charge in [-0.25, -0.2) is 0 Å². The third-order valence-electron chi connectivity index (χ3n) is 4.74. The molecule has 1 aliphatic rings. The highest BCUT2D eigenvalue weighted by Crippen LogP contribution is 2.29. The SMILES string of the molecule is CC(CC(=O)Nc1ccc(-c2noc(C(F)(F)F)n2)cc1)C1CCCNC1. The van der Waals surface area contributed by atoms with E-state index in [1.165, 1.54) is 12.1 Å². The van der Waals surface area contributed by atoms with Crippen molar-refractivity contribution in [1.82, 2.24) is 15.5 Å². The van der Waals surface area contributed by atoms with E-state index in [2.05, 4.69) is 32.2 Å². The number of aromatic nitrogens is 2. The van der Waals surface area contributed by atoms with Gasteiger partial charge in [0.2, 0.25) is 11.7 Å². The third-order valence-corrected chi connectivity index (χ3v) is 4.74. The molecular weight excluding hydrogens is 361 g/mol. The van der Waals surface area contributed by atoms with Gasteiger partial charge in [0.05, 0.1) is 0 Å². The second kappa shape index (κ2) is 8.08. The summed E-state index contributed by atoms with van der Waals surface area (Å²) in [6.07, 6.45) is -2.00. The number of nitrogens with zero attached hydrogens (tertiary/aromatic N) is 2. The summed E-state index contributed by atoms with van der Waals surface area (Å²) in [5, 5.41) is 9.50. The molecule has 3 rings (SSSR count). The zero-order valence-corrected chi connectivity index (χ0v) is 14.8. The van der Waals surface area contributed by atoms with Crippen LogP contribution in [0.2, 0.25) is 0 Å². The van der Waals surface area contributed by atoms with Crippen molar-refractivity contribution in [3.05, 3.63) is 30.2 Å². The Hall–Kier alpha value is -2.42. The molecule has 2 heterocycles. The molecule has 1 aromatic carbocycles. The Morgan fingerprint density at radius 3 is 2.70 bits per heavy atom. The van der Waals surface area contributed by atoms with Crippen LogP contribution in [0, 0.1) is 11.8 Å². The molecule has 0 radical (unpaired) electrons. The summed E-state index contributed by atoms with van der Waals surface area (Å²) in [5.74, 6) is -0.857. The average molecular weight is 382 g/mol. The highest BCUT2D eigenvalue weighted by atomic mass is 19.4.